The highest BCUT2D eigenvalue weighted by Crippen LogP contribution is 2.17. The summed E-state index contributed by atoms with van der Waals surface area (Å²) in [5.41, 5.74) is 1.95. The van der Waals surface area contributed by atoms with Crippen LogP contribution in [-0.2, 0) is 11.2 Å². The van der Waals surface area contributed by atoms with Gasteiger partial charge in [-0.05, 0) is 36.4 Å². The number of H-pyrrole nitrogens is 1. The van der Waals surface area contributed by atoms with Gasteiger partial charge in [-0.2, -0.15) is 0 Å². The number of nitrogens with zero attached hydrogens (tertiary/aromatic N) is 1. The number of rotatable bonds is 8. The van der Waals surface area contributed by atoms with Crippen LogP contribution in [0.3, 0.4) is 0 Å². The van der Waals surface area contributed by atoms with Crippen molar-refractivity contribution in [1.29, 1.82) is 0 Å². The molecule has 25 heavy (non-hydrogen) atoms. The maximum absolute atomic E-state index is 11.9. The number of hydrogen-bond donors (Lipinski definition) is 2. The van der Waals surface area contributed by atoms with E-state index in [1.54, 1.807) is 7.11 Å². The van der Waals surface area contributed by atoms with Gasteiger partial charge in [-0.15, -0.1) is 0 Å². The molecule has 0 radical (unpaired) electrons. The van der Waals surface area contributed by atoms with E-state index >= 15 is 0 Å². The van der Waals surface area contributed by atoms with Gasteiger partial charge in [0.25, 0.3) is 0 Å². The van der Waals surface area contributed by atoms with Crippen molar-refractivity contribution in [3.8, 4) is 11.5 Å². The quantitative estimate of drug-likeness (QED) is 0.661. The highest BCUT2D eigenvalue weighted by Gasteiger charge is 2.05. The molecule has 2 N–H and O–H groups in total. The van der Waals surface area contributed by atoms with Gasteiger partial charge in [0.1, 0.15) is 17.3 Å². The topological polar surface area (TPSA) is 76.2 Å². The van der Waals surface area contributed by atoms with Gasteiger partial charge in [-0.3, -0.25) is 4.79 Å². The summed E-state index contributed by atoms with van der Waals surface area (Å²) in [4.78, 5) is 19.6. The van der Waals surface area contributed by atoms with E-state index in [1.807, 2.05) is 48.5 Å². The van der Waals surface area contributed by atoms with Crippen molar-refractivity contribution in [3.05, 3.63) is 54.4 Å². The summed E-state index contributed by atoms with van der Waals surface area (Å²) in [6.45, 7) is 0.879. The Bertz CT molecular complexity index is 794. The summed E-state index contributed by atoms with van der Waals surface area (Å²) in [6.07, 6.45) is 0.978. The van der Waals surface area contributed by atoms with Crippen molar-refractivity contribution in [2.45, 2.75) is 12.8 Å². The van der Waals surface area contributed by atoms with Crippen LogP contribution in [0.2, 0.25) is 0 Å². The van der Waals surface area contributed by atoms with Gasteiger partial charge in [0, 0.05) is 13.0 Å². The van der Waals surface area contributed by atoms with Gasteiger partial charge in [0.15, 0.2) is 0 Å². The Morgan fingerprint density at radius 2 is 1.88 bits per heavy atom. The largest absolute Gasteiger partial charge is 0.497 e. The lowest BCUT2D eigenvalue weighted by Gasteiger charge is -2.07. The number of amides is 1. The number of carbonyl (C=O) groups is 1. The Hall–Kier alpha value is -3.02. The molecule has 0 saturated carbocycles. The van der Waals surface area contributed by atoms with Crippen LogP contribution in [0.25, 0.3) is 11.0 Å². The first-order valence-electron chi connectivity index (χ1n) is 8.22. The molecule has 0 unspecified atom stereocenters. The predicted molar refractivity (Wildman–Crippen MR) is 95.9 cm³/mol. The van der Waals surface area contributed by atoms with Crippen LogP contribution in [-0.4, -0.2) is 36.1 Å². The van der Waals surface area contributed by atoms with Crippen LogP contribution in [0.4, 0.5) is 0 Å². The molecular weight excluding hydrogens is 318 g/mol. The molecule has 3 aromatic rings. The fourth-order valence-corrected chi connectivity index (χ4v) is 2.47. The molecule has 0 aliphatic rings. The van der Waals surface area contributed by atoms with Gasteiger partial charge in [0.05, 0.1) is 31.2 Å². The molecule has 1 heterocycles. The molecule has 1 amide bonds. The van der Waals surface area contributed by atoms with Crippen LogP contribution in [0, 0.1) is 0 Å². The Kier molecular flexibility index (Phi) is 5.51. The fourth-order valence-electron chi connectivity index (χ4n) is 2.47. The molecule has 0 atom stereocenters. The molecule has 3 rings (SSSR count). The van der Waals surface area contributed by atoms with Crippen molar-refractivity contribution in [3.63, 3.8) is 0 Å². The van der Waals surface area contributed by atoms with Gasteiger partial charge >= 0.3 is 0 Å². The fraction of sp³-hybridized carbons (Fsp3) is 0.263. The van der Waals surface area contributed by atoms with E-state index in [4.69, 9.17) is 9.47 Å². The minimum Gasteiger partial charge on any atom is -0.497 e. The highest BCUT2D eigenvalue weighted by molar-refractivity contribution is 5.76. The first-order valence-corrected chi connectivity index (χ1v) is 8.22. The second-order valence-electron chi connectivity index (χ2n) is 5.57. The van der Waals surface area contributed by atoms with E-state index in [9.17, 15) is 4.79 Å². The molecule has 6 heteroatoms. The number of benzene rings is 2. The van der Waals surface area contributed by atoms with Crippen LogP contribution in [0.15, 0.2) is 48.5 Å². The zero-order valence-corrected chi connectivity index (χ0v) is 14.1. The maximum Gasteiger partial charge on any atom is 0.223 e. The number of nitrogens with one attached hydrogen (secondary N) is 2. The van der Waals surface area contributed by atoms with Crippen molar-refractivity contribution in [2.24, 2.45) is 0 Å². The number of fused-ring (bicyclic) bond motifs is 1. The molecule has 6 nitrogen and oxygen atoms in total. The monoisotopic (exact) mass is 339 g/mol. The third-order valence-electron chi connectivity index (χ3n) is 3.78. The second-order valence-corrected chi connectivity index (χ2v) is 5.57. The minimum atomic E-state index is -0.0374. The molecule has 0 bridgehead atoms. The summed E-state index contributed by atoms with van der Waals surface area (Å²) in [7, 11) is 1.62. The third kappa shape index (κ3) is 4.73. The van der Waals surface area contributed by atoms with Crippen LogP contribution >= 0.6 is 0 Å². The van der Waals surface area contributed by atoms with Crippen LogP contribution in [0.1, 0.15) is 12.2 Å². The summed E-state index contributed by atoms with van der Waals surface area (Å²) >= 11 is 0. The Morgan fingerprint density at radius 1 is 1.12 bits per heavy atom. The predicted octanol–water partition coefficient (Wildman–Crippen LogP) is 2.70. The Labute approximate surface area is 146 Å². The van der Waals surface area contributed by atoms with Gasteiger partial charge in [0.2, 0.25) is 5.91 Å². The molecular formula is C19H21N3O3. The Balaban J connectivity index is 1.36. The average molecular weight is 339 g/mol. The number of aromatic nitrogens is 2. The summed E-state index contributed by atoms with van der Waals surface area (Å²) < 4.78 is 10.6. The third-order valence-corrected chi connectivity index (χ3v) is 3.78. The van der Waals surface area contributed by atoms with E-state index in [-0.39, 0.29) is 5.91 Å². The molecule has 0 saturated heterocycles. The van der Waals surface area contributed by atoms with E-state index in [0.29, 0.717) is 26.0 Å². The summed E-state index contributed by atoms with van der Waals surface area (Å²) in [5, 5.41) is 2.88. The van der Waals surface area contributed by atoms with Gasteiger partial charge < -0.3 is 19.8 Å². The molecule has 0 aliphatic heterocycles. The molecule has 2 aromatic carbocycles. The normalized spacial score (nSPS) is 10.6. The second kappa shape index (κ2) is 8.19. The molecule has 0 fully saturated rings. The summed E-state index contributed by atoms with van der Waals surface area (Å²) in [5.74, 6) is 2.33. The molecule has 130 valence electrons. The maximum atomic E-state index is 11.9. The standard InChI is InChI=1S/C19H21N3O3/c1-24-14-6-8-15(9-7-14)25-13-11-19(23)20-12-10-18-21-16-4-2-3-5-17(16)22-18/h2-9H,10-13H2,1H3,(H,20,23)(H,21,22). The zero-order chi connectivity index (χ0) is 17.5. The SMILES string of the molecule is COc1ccc(OCCC(=O)NCCc2nc3ccccc3[nH]2)cc1. The lowest BCUT2D eigenvalue weighted by Crippen LogP contribution is -2.27. The molecule has 0 spiro atoms. The minimum absolute atomic E-state index is 0.0374. The highest BCUT2D eigenvalue weighted by atomic mass is 16.5. The van der Waals surface area contributed by atoms with Crippen LogP contribution < -0.4 is 14.8 Å². The van der Waals surface area contributed by atoms with E-state index < -0.39 is 0 Å². The van der Waals surface area contributed by atoms with E-state index in [2.05, 4.69) is 15.3 Å². The lowest BCUT2D eigenvalue weighted by atomic mass is 10.3. The number of imidazole rings is 1. The smallest absolute Gasteiger partial charge is 0.223 e. The van der Waals surface area contributed by atoms with Crippen molar-refractivity contribution < 1.29 is 14.3 Å². The molecule has 1 aromatic heterocycles. The van der Waals surface area contributed by atoms with Crippen molar-refractivity contribution in [1.82, 2.24) is 15.3 Å². The Morgan fingerprint density at radius 3 is 2.64 bits per heavy atom. The van der Waals surface area contributed by atoms with Crippen LogP contribution in [0.5, 0.6) is 11.5 Å². The number of methoxy groups -OCH3 is 1. The zero-order valence-electron chi connectivity index (χ0n) is 14.1. The number of ether oxygens (including phenoxy) is 2. The van der Waals surface area contributed by atoms with Gasteiger partial charge in [-0.1, -0.05) is 12.1 Å². The summed E-state index contributed by atoms with van der Waals surface area (Å²) in [6, 6.07) is 15.2. The van der Waals surface area contributed by atoms with Gasteiger partial charge in [-0.25, -0.2) is 4.98 Å². The molecule has 0 aliphatic carbocycles. The van der Waals surface area contributed by atoms with E-state index in [0.717, 1.165) is 28.4 Å². The number of hydrogen-bond acceptors (Lipinski definition) is 4. The number of carbonyl (C=O) groups excluding carboxylic acids is 1. The van der Waals surface area contributed by atoms with Crippen molar-refractivity contribution in [2.75, 3.05) is 20.3 Å². The number of para-hydroxylation sites is 2. The first-order chi connectivity index (χ1) is 12.2. The average Bonchev–Trinajstić information content (AvgIpc) is 3.05. The first kappa shape index (κ1) is 16.8. The van der Waals surface area contributed by atoms with Crippen molar-refractivity contribution >= 4 is 16.9 Å². The van der Waals surface area contributed by atoms with E-state index in [1.165, 1.54) is 0 Å². The number of aromatic amines is 1. The lowest BCUT2D eigenvalue weighted by molar-refractivity contribution is -0.121.